The van der Waals surface area contributed by atoms with Crippen molar-refractivity contribution in [2.24, 2.45) is 22.7 Å². The molecule has 4 N–H and O–H groups in total. The van der Waals surface area contributed by atoms with Gasteiger partial charge in [0.05, 0.1) is 18.3 Å². The molecule has 4 atom stereocenters. The average Bonchev–Trinajstić information content (AvgIpc) is 2.64. The van der Waals surface area contributed by atoms with Gasteiger partial charge < -0.3 is 20.4 Å². The third-order valence-electron chi connectivity index (χ3n) is 7.67. The van der Waals surface area contributed by atoms with Crippen LogP contribution in [0.25, 0.3) is 0 Å². The summed E-state index contributed by atoms with van der Waals surface area (Å²) in [5.74, 6) is 0.213. The van der Waals surface area contributed by atoms with Crippen molar-refractivity contribution < 1.29 is 25.2 Å². The second-order valence-electron chi connectivity index (χ2n) is 9.43. The van der Waals surface area contributed by atoms with Crippen LogP contribution in [0.4, 0.5) is 0 Å². The van der Waals surface area contributed by atoms with Gasteiger partial charge in [-0.25, -0.2) is 0 Å². The lowest BCUT2D eigenvalue weighted by Crippen LogP contribution is -2.48. The highest BCUT2D eigenvalue weighted by Crippen LogP contribution is 2.58. The van der Waals surface area contributed by atoms with E-state index >= 15 is 0 Å². The van der Waals surface area contributed by atoms with Crippen molar-refractivity contribution in [3.05, 3.63) is 34.4 Å². The molecule has 0 amide bonds. The number of benzene rings is 1. The summed E-state index contributed by atoms with van der Waals surface area (Å²) in [6, 6.07) is 1.37. The van der Waals surface area contributed by atoms with Gasteiger partial charge in [0.2, 0.25) is 0 Å². The Labute approximate surface area is 166 Å². The zero-order valence-corrected chi connectivity index (χ0v) is 17.2. The maximum Gasteiger partial charge on any atom is 0.154 e. The fourth-order valence-corrected chi connectivity index (χ4v) is 5.34. The van der Waals surface area contributed by atoms with E-state index in [0.29, 0.717) is 30.6 Å². The Hall–Kier alpha value is -1.85. The Kier molecular flexibility index (Phi) is 5.36. The number of hydrogen-bond acceptors (Lipinski definition) is 5. The number of aromatic hydroxyl groups is 2. The normalized spacial score (nSPS) is 31.8. The first-order chi connectivity index (χ1) is 13.1. The largest absolute Gasteiger partial charge is 0.508 e. The van der Waals surface area contributed by atoms with E-state index in [9.17, 15) is 25.2 Å². The Bertz CT molecular complexity index is 810. The van der Waals surface area contributed by atoms with E-state index in [1.807, 2.05) is 0 Å². The van der Waals surface area contributed by atoms with E-state index < -0.39 is 6.61 Å². The molecular formula is C23H32O5. The van der Waals surface area contributed by atoms with Gasteiger partial charge in [-0.2, -0.15) is 0 Å². The SMILES string of the molecule is C[C@@H]1CC[C@@H]2C(=CC[C@H](O)C2(C)C)[C@@]1(C)Cc1c(O)cc(CO)c(C=O)c1O. The maximum absolute atomic E-state index is 11.5. The van der Waals surface area contributed by atoms with Crippen molar-refractivity contribution in [2.45, 2.75) is 66.1 Å². The van der Waals surface area contributed by atoms with Crippen molar-refractivity contribution in [1.29, 1.82) is 0 Å². The van der Waals surface area contributed by atoms with Crippen LogP contribution >= 0.6 is 0 Å². The number of allylic oxidation sites excluding steroid dienone is 1. The zero-order chi connectivity index (χ0) is 20.9. The number of rotatable bonds is 4. The summed E-state index contributed by atoms with van der Waals surface area (Å²) >= 11 is 0. The number of phenols is 2. The summed E-state index contributed by atoms with van der Waals surface area (Å²) in [6.45, 7) is 8.14. The number of hydrogen-bond donors (Lipinski definition) is 4. The number of carbonyl (C=O) groups excluding carboxylic acids is 1. The van der Waals surface area contributed by atoms with E-state index in [0.717, 1.165) is 12.8 Å². The number of phenolic OH excluding ortho intramolecular Hbond substituents is 2. The number of aliphatic hydroxyl groups excluding tert-OH is 2. The molecule has 154 valence electrons. The molecule has 2 aliphatic rings. The third-order valence-corrected chi connectivity index (χ3v) is 7.67. The number of carbonyl (C=O) groups is 1. The molecule has 1 saturated carbocycles. The van der Waals surface area contributed by atoms with Crippen LogP contribution in [0, 0.1) is 22.7 Å². The van der Waals surface area contributed by atoms with Crippen molar-refractivity contribution in [3.8, 4) is 11.5 Å². The molecule has 1 aromatic rings. The van der Waals surface area contributed by atoms with Gasteiger partial charge >= 0.3 is 0 Å². The molecule has 0 radical (unpaired) electrons. The van der Waals surface area contributed by atoms with Crippen LogP contribution < -0.4 is 0 Å². The van der Waals surface area contributed by atoms with Crippen LogP contribution in [0.5, 0.6) is 11.5 Å². The van der Waals surface area contributed by atoms with E-state index in [4.69, 9.17) is 0 Å². The molecule has 1 fully saturated rings. The summed E-state index contributed by atoms with van der Waals surface area (Å²) in [6.07, 6.45) is 5.28. The van der Waals surface area contributed by atoms with E-state index in [1.54, 1.807) is 0 Å². The van der Waals surface area contributed by atoms with Crippen molar-refractivity contribution >= 4 is 6.29 Å². The van der Waals surface area contributed by atoms with Crippen molar-refractivity contribution in [3.63, 3.8) is 0 Å². The summed E-state index contributed by atoms with van der Waals surface area (Å²) in [5.41, 5.74) is 1.33. The highest BCUT2D eigenvalue weighted by molar-refractivity contribution is 5.83. The summed E-state index contributed by atoms with van der Waals surface area (Å²) in [7, 11) is 0. The van der Waals surface area contributed by atoms with Crippen LogP contribution in [0.3, 0.4) is 0 Å². The number of aldehydes is 1. The molecule has 2 aliphatic carbocycles. The molecule has 0 saturated heterocycles. The lowest BCUT2D eigenvalue weighted by Gasteiger charge is -2.54. The second-order valence-corrected chi connectivity index (χ2v) is 9.43. The first-order valence-corrected chi connectivity index (χ1v) is 10.1. The molecule has 28 heavy (non-hydrogen) atoms. The third kappa shape index (κ3) is 3.05. The molecule has 0 aromatic heterocycles. The lowest BCUT2D eigenvalue weighted by molar-refractivity contribution is -0.0192. The van der Waals surface area contributed by atoms with E-state index in [2.05, 4.69) is 33.8 Å². The second kappa shape index (κ2) is 7.20. The topological polar surface area (TPSA) is 98.0 Å². The van der Waals surface area contributed by atoms with Gasteiger partial charge in [-0.1, -0.05) is 39.3 Å². The predicted octanol–water partition coefficient (Wildman–Crippen LogP) is 3.71. The minimum absolute atomic E-state index is 0.0345. The monoisotopic (exact) mass is 388 g/mol. The van der Waals surface area contributed by atoms with Gasteiger partial charge in [0.15, 0.2) is 6.29 Å². The first-order valence-electron chi connectivity index (χ1n) is 10.1. The standard InChI is InChI=1S/C23H32O5/c1-13-5-6-17-18(7-8-20(27)22(17,2)3)23(13,4)10-15-19(26)9-14(11-24)16(12-25)21(15)28/h7,9,12-13,17,20,24,26-28H,5-6,8,10-11H2,1-4H3/t13-,17-,20+,23+/m1/s1. The molecule has 0 spiro atoms. The van der Waals surface area contributed by atoms with Gasteiger partial charge in [-0.15, -0.1) is 0 Å². The molecular weight excluding hydrogens is 356 g/mol. The molecule has 5 heteroatoms. The van der Waals surface area contributed by atoms with Crippen molar-refractivity contribution in [1.82, 2.24) is 0 Å². The van der Waals surface area contributed by atoms with E-state index in [-0.39, 0.29) is 45.5 Å². The van der Waals surface area contributed by atoms with E-state index in [1.165, 1.54) is 11.6 Å². The average molecular weight is 389 g/mol. The lowest BCUT2D eigenvalue weighted by atomic mass is 9.51. The molecule has 3 rings (SSSR count). The highest BCUT2D eigenvalue weighted by Gasteiger charge is 2.51. The molecule has 5 nitrogen and oxygen atoms in total. The smallest absolute Gasteiger partial charge is 0.154 e. The van der Waals surface area contributed by atoms with Gasteiger partial charge in [0, 0.05) is 5.56 Å². The highest BCUT2D eigenvalue weighted by atomic mass is 16.3. The Morgan fingerprint density at radius 1 is 1.21 bits per heavy atom. The molecule has 1 aromatic carbocycles. The molecule has 0 aliphatic heterocycles. The summed E-state index contributed by atoms with van der Waals surface area (Å²) in [5, 5.41) is 41.2. The Balaban J connectivity index is 2.09. The minimum Gasteiger partial charge on any atom is -0.508 e. The van der Waals surface area contributed by atoms with Crippen LogP contribution in [-0.2, 0) is 13.0 Å². The summed E-state index contributed by atoms with van der Waals surface area (Å²) in [4.78, 5) is 11.5. The molecule has 0 heterocycles. The van der Waals surface area contributed by atoms with Crippen LogP contribution in [-0.4, -0.2) is 32.8 Å². The quantitative estimate of drug-likeness (QED) is 0.466. The number of fused-ring (bicyclic) bond motifs is 1. The zero-order valence-electron chi connectivity index (χ0n) is 17.2. The van der Waals surface area contributed by atoms with Gasteiger partial charge in [0.25, 0.3) is 0 Å². The van der Waals surface area contributed by atoms with Crippen LogP contribution in [0.15, 0.2) is 17.7 Å². The fraction of sp³-hybridized carbons (Fsp3) is 0.609. The predicted molar refractivity (Wildman–Crippen MR) is 107 cm³/mol. The molecule has 0 unspecified atom stereocenters. The minimum atomic E-state index is -0.428. The van der Waals surface area contributed by atoms with Gasteiger partial charge in [-0.3, -0.25) is 4.79 Å². The summed E-state index contributed by atoms with van der Waals surface area (Å²) < 4.78 is 0. The van der Waals surface area contributed by atoms with Gasteiger partial charge in [0.1, 0.15) is 11.5 Å². The van der Waals surface area contributed by atoms with Crippen LogP contribution in [0.1, 0.15) is 68.4 Å². The number of aliphatic hydroxyl groups is 2. The van der Waals surface area contributed by atoms with Gasteiger partial charge in [-0.05, 0) is 60.0 Å². The first kappa shape index (κ1) is 20.9. The Morgan fingerprint density at radius 3 is 2.50 bits per heavy atom. The maximum atomic E-state index is 11.5. The van der Waals surface area contributed by atoms with Crippen molar-refractivity contribution in [2.75, 3.05) is 0 Å². The Morgan fingerprint density at radius 2 is 1.89 bits per heavy atom. The fourth-order valence-electron chi connectivity index (χ4n) is 5.34. The van der Waals surface area contributed by atoms with Crippen LogP contribution in [0.2, 0.25) is 0 Å². The molecule has 0 bridgehead atoms.